The third kappa shape index (κ3) is 8.24. The normalized spacial score (nSPS) is 11.2. The van der Waals surface area contributed by atoms with Gasteiger partial charge in [0.15, 0.2) is 6.61 Å². The van der Waals surface area contributed by atoms with Gasteiger partial charge >= 0.3 is 0 Å². The molecule has 0 radical (unpaired) electrons. The molecular formula is C31H29FN4O5S. The van der Waals surface area contributed by atoms with Gasteiger partial charge in [-0.05, 0) is 90.3 Å². The highest BCUT2D eigenvalue weighted by Gasteiger charge is 2.27. The molecule has 2 amide bonds. The van der Waals surface area contributed by atoms with Crippen molar-refractivity contribution in [3.63, 3.8) is 0 Å². The highest BCUT2D eigenvalue weighted by molar-refractivity contribution is 7.92. The number of benzene rings is 4. The van der Waals surface area contributed by atoms with Crippen LogP contribution in [0.1, 0.15) is 18.1 Å². The maximum absolute atomic E-state index is 13.4. The molecule has 0 saturated heterocycles. The summed E-state index contributed by atoms with van der Waals surface area (Å²) in [5.74, 6) is -0.999. The van der Waals surface area contributed by atoms with E-state index in [1.54, 1.807) is 54.6 Å². The average molecular weight is 589 g/mol. The largest absolute Gasteiger partial charge is 0.484 e. The summed E-state index contributed by atoms with van der Waals surface area (Å²) < 4.78 is 46.3. The van der Waals surface area contributed by atoms with Crippen LogP contribution in [-0.2, 0) is 26.0 Å². The molecule has 0 aromatic heterocycles. The standard InChI is InChI=1S/C31H29FN4O5S/c1-2-23-8-16-27(17-9-23)36(42(39,40)29-6-4-3-5-7-29)21-30(37)35-33-20-24-10-18-28(19-11-24)41-22-31(38)34-26-14-12-25(32)13-15-26/h3-20H,2,21-22H2,1H3,(H,34,38)(H,35,37)/b33-20-. The predicted molar refractivity (Wildman–Crippen MR) is 159 cm³/mol. The van der Waals surface area contributed by atoms with E-state index in [0.717, 1.165) is 16.3 Å². The van der Waals surface area contributed by atoms with Gasteiger partial charge in [-0.15, -0.1) is 0 Å². The van der Waals surface area contributed by atoms with Crippen LogP contribution >= 0.6 is 0 Å². The maximum Gasteiger partial charge on any atom is 0.264 e. The lowest BCUT2D eigenvalue weighted by Crippen LogP contribution is -2.39. The Balaban J connectivity index is 1.34. The van der Waals surface area contributed by atoms with E-state index in [-0.39, 0.29) is 11.5 Å². The van der Waals surface area contributed by atoms with Crippen LogP contribution in [0.2, 0.25) is 0 Å². The molecule has 4 rings (SSSR count). The number of amides is 2. The van der Waals surface area contributed by atoms with E-state index in [2.05, 4.69) is 15.8 Å². The van der Waals surface area contributed by atoms with Crippen molar-refractivity contribution in [3.05, 3.63) is 120 Å². The smallest absolute Gasteiger partial charge is 0.264 e. The molecule has 0 fully saturated rings. The van der Waals surface area contributed by atoms with Crippen LogP contribution in [0.25, 0.3) is 0 Å². The summed E-state index contributed by atoms with van der Waals surface area (Å²) in [5, 5.41) is 6.55. The molecule has 0 aliphatic rings. The number of hydrogen-bond acceptors (Lipinski definition) is 6. The molecule has 0 aliphatic heterocycles. The first-order chi connectivity index (χ1) is 20.2. The fraction of sp³-hybridized carbons (Fsp3) is 0.129. The highest BCUT2D eigenvalue weighted by atomic mass is 32.2. The first-order valence-corrected chi connectivity index (χ1v) is 14.5. The predicted octanol–water partition coefficient (Wildman–Crippen LogP) is 4.75. The van der Waals surface area contributed by atoms with Crippen LogP contribution in [-0.4, -0.2) is 39.6 Å². The monoisotopic (exact) mass is 588 g/mol. The molecule has 4 aromatic rings. The number of hydrazone groups is 1. The van der Waals surface area contributed by atoms with Gasteiger partial charge in [0.25, 0.3) is 21.8 Å². The fourth-order valence-electron chi connectivity index (χ4n) is 3.81. The summed E-state index contributed by atoms with van der Waals surface area (Å²) in [6.45, 7) is 1.27. The van der Waals surface area contributed by atoms with Crippen LogP contribution in [0.5, 0.6) is 5.75 Å². The lowest BCUT2D eigenvalue weighted by atomic mass is 10.1. The number of carbonyl (C=O) groups excluding carboxylic acids is 2. The molecule has 4 aromatic carbocycles. The van der Waals surface area contributed by atoms with Crippen molar-refractivity contribution < 1.29 is 27.1 Å². The van der Waals surface area contributed by atoms with E-state index in [0.29, 0.717) is 22.7 Å². The lowest BCUT2D eigenvalue weighted by Gasteiger charge is -2.24. The second-order valence-electron chi connectivity index (χ2n) is 9.05. The summed E-state index contributed by atoms with van der Waals surface area (Å²) in [6, 6.07) is 26.9. The van der Waals surface area contributed by atoms with Crippen molar-refractivity contribution in [1.82, 2.24) is 5.43 Å². The number of anilines is 2. The van der Waals surface area contributed by atoms with Gasteiger partial charge in [-0.1, -0.05) is 37.3 Å². The zero-order chi connectivity index (χ0) is 30.0. The number of rotatable bonds is 12. The molecule has 0 aliphatic carbocycles. The van der Waals surface area contributed by atoms with Crippen LogP contribution in [0.4, 0.5) is 15.8 Å². The third-order valence-corrected chi connectivity index (χ3v) is 7.82. The highest BCUT2D eigenvalue weighted by Crippen LogP contribution is 2.24. The van der Waals surface area contributed by atoms with Gasteiger partial charge in [0.2, 0.25) is 0 Å². The van der Waals surface area contributed by atoms with Gasteiger partial charge in [0.1, 0.15) is 18.1 Å². The maximum atomic E-state index is 13.4. The number of hydrogen-bond donors (Lipinski definition) is 2. The van der Waals surface area contributed by atoms with E-state index in [1.165, 1.54) is 42.6 Å². The van der Waals surface area contributed by atoms with E-state index in [9.17, 15) is 22.4 Å². The topological polar surface area (TPSA) is 117 Å². The quantitative estimate of drug-likeness (QED) is 0.183. The molecular weight excluding hydrogens is 559 g/mol. The minimum atomic E-state index is -4.02. The average Bonchev–Trinajstić information content (AvgIpc) is 3.01. The summed E-state index contributed by atoms with van der Waals surface area (Å²) >= 11 is 0. The Morgan fingerprint density at radius 2 is 1.55 bits per heavy atom. The van der Waals surface area contributed by atoms with Crippen molar-refractivity contribution in [2.75, 3.05) is 22.8 Å². The SMILES string of the molecule is CCc1ccc(N(CC(=O)N/N=C\c2ccc(OCC(=O)Nc3ccc(F)cc3)cc2)S(=O)(=O)c2ccccc2)cc1. The van der Waals surface area contributed by atoms with Crippen LogP contribution in [0, 0.1) is 5.82 Å². The molecule has 2 N–H and O–H groups in total. The number of sulfonamides is 1. The molecule has 9 nitrogen and oxygen atoms in total. The van der Waals surface area contributed by atoms with Gasteiger partial charge < -0.3 is 10.1 Å². The minimum Gasteiger partial charge on any atom is -0.484 e. The van der Waals surface area contributed by atoms with E-state index < -0.39 is 34.2 Å². The molecule has 216 valence electrons. The van der Waals surface area contributed by atoms with Gasteiger partial charge in [-0.3, -0.25) is 13.9 Å². The van der Waals surface area contributed by atoms with Gasteiger partial charge in [-0.25, -0.2) is 18.2 Å². The van der Waals surface area contributed by atoms with E-state index in [1.807, 2.05) is 19.1 Å². The number of aryl methyl sites for hydroxylation is 1. The number of carbonyl (C=O) groups is 2. The summed E-state index contributed by atoms with van der Waals surface area (Å²) in [4.78, 5) is 24.9. The molecule has 11 heteroatoms. The van der Waals surface area contributed by atoms with Crippen molar-refractivity contribution in [2.24, 2.45) is 5.10 Å². The summed E-state index contributed by atoms with van der Waals surface area (Å²) in [7, 11) is -4.02. The molecule has 0 heterocycles. The van der Waals surface area contributed by atoms with Gasteiger partial charge in [-0.2, -0.15) is 5.10 Å². The number of nitrogens with zero attached hydrogens (tertiary/aromatic N) is 2. The Bertz CT molecular complexity index is 1630. The molecule has 0 unspecified atom stereocenters. The van der Waals surface area contributed by atoms with Gasteiger partial charge in [0, 0.05) is 5.69 Å². The molecule has 0 spiro atoms. The molecule has 0 saturated carbocycles. The number of ether oxygens (including phenoxy) is 1. The van der Waals surface area contributed by atoms with Crippen molar-refractivity contribution in [3.8, 4) is 5.75 Å². The first-order valence-electron chi connectivity index (χ1n) is 13.0. The van der Waals surface area contributed by atoms with Crippen LogP contribution < -0.4 is 19.8 Å². The minimum absolute atomic E-state index is 0.0658. The Kier molecular flexibility index (Phi) is 10.0. The second-order valence-corrected chi connectivity index (χ2v) is 10.9. The molecule has 42 heavy (non-hydrogen) atoms. The van der Waals surface area contributed by atoms with Crippen molar-refractivity contribution >= 4 is 39.4 Å². The van der Waals surface area contributed by atoms with Crippen molar-refractivity contribution in [1.29, 1.82) is 0 Å². The summed E-state index contributed by atoms with van der Waals surface area (Å²) in [6.07, 6.45) is 2.19. The van der Waals surface area contributed by atoms with Crippen LogP contribution in [0.15, 0.2) is 113 Å². The molecule has 0 atom stereocenters. The van der Waals surface area contributed by atoms with Gasteiger partial charge in [0.05, 0.1) is 16.8 Å². The fourth-order valence-corrected chi connectivity index (χ4v) is 5.25. The zero-order valence-electron chi connectivity index (χ0n) is 22.7. The Morgan fingerprint density at radius 3 is 2.19 bits per heavy atom. The summed E-state index contributed by atoms with van der Waals surface area (Å²) in [5.41, 5.74) is 4.85. The second kappa shape index (κ2) is 14.0. The Morgan fingerprint density at radius 1 is 0.881 bits per heavy atom. The lowest BCUT2D eigenvalue weighted by molar-refractivity contribution is -0.119. The van der Waals surface area contributed by atoms with Crippen molar-refractivity contribution in [2.45, 2.75) is 18.2 Å². The Labute approximate surface area is 243 Å². The zero-order valence-corrected chi connectivity index (χ0v) is 23.6. The van der Waals surface area contributed by atoms with Crippen LogP contribution in [0.3, 0.4) is 0 Å². The number of halogens is 1. The van der Waals surface area contributed by atoms with E-state index in [4.69, 9.17) is 4.74 Å². The third-order valence-electron chi connectivity index (χ3n) is 6.03. The Hall–Kier alpha value is -5.03. The van der Waals surface area contributed by atoms with E-state index >= 15 is 0 Å². The first kappa shape index (κ1) is 29.9. The number of nitrogens with one attached hydrogen (secondary N) is 2. The molecule has 0 bridgehead atoms.